The normalized spacial score (nSPS) is 10.5. The van der Waals surface area contributed by atoms with E-state index >= 15 is 0 Å². The molecule has 0 saturated heterocycles. The summed E-state index contributed by atoms with van der Waals surface area (Å²) in [5.74, 6) is 2.77. The molecule has 0 saturated carbocycles. The molecule has 24 heavy (non-hydrogen) atoms. The summed E-state index contributed by atoms with van der Waals surface area (Å²) in [7, 11) is 3.15. The van der Waals surface area contributed by atoms with Crippen molar-refractivity contribution < 1.29 is 18.6 Å². The van der Waals surface area contributed by atoms with E-state index in [2.05, 4.69) is 4.98 Å². The van der Waals surface area contributed by atoms with Crippen molar-refractivity contribution in [3.05, 3.63) is 59.6 Å². The lowest BCUT2D eigenvalue weighted by Gasteiger charge is -2.12. The first-order chi connectivity index (χ1) is 11.7. The van der Waals surface area contributed by atoms with Gasteiger partial charge >= 0.3 is 0 Å². The highest BCUT2D eigenvalue weighted by Gasteiger charge is 2.13. The molecule has 5 nitrogen and oxygen atoms in total. The molecule has 3 aromatic rings. The number of aromatic nitrogens is 1. The number of halogens is 1. The molecule has 0 radical (unpaired) electrons. The fraction of sp³-hybridized carbons (Fsp3) is 0.167. The highest BCUT2D eigenvalue weighted by molar-refractivity contribution is 6.30. The van der Waals surface area contributed by atoms with Gasteiger partial charge in [0.15, 0.2) is 23.9 Å². The molecule has 0 aliphatic carbocycles. The maximum atomic E-state index is 5.89. The van der Waals surface area contributed by atoms with E-state index in [1.165, 1.54) is 0 Å². The Morgan fingerprint density at radius 3 is 2.29 bits per heavy atom. The van der Waals surface area contributed by atoms with Crippen molar-refractivity contribution in [2.75, 3.05) is 14.2 Å². The molecule has 0 aliphatic rings. The van der Waals surface area contributed by atoms with Crippen molar-refractivity contribution in [1.82, 2.24) is 4.98 Å². The van der Waals surface area contributed by atoms with Crippen LogP contribution in [0.1, 0.15) is 5.89 Å². The second kappa shape index (κ2) is 7.27. The van der Waals surface area contributed by atoms with E-state index < -0.39 is 0 Å². The highest BCUT2D eigenvalue weighted by Crippen LogP contribution is 2.37. The Balaban J connectivity index is 1.75. The van der Waals surface area contributed by atoms with Crippen molar-refractivity contribution in [2.45, 2.75) is 6.61 Å². The second-order valence-corrected chi connectivity index (χ2v) is 5.34. The van der Waals surface area contributed by atoms with Crippen LogP contribution in [0.5, 0.6) is 17.2 Å². The molecule has 0 fully saturated rings. The fourth-order valence-electron chi connectivity index (χ4n) is 2.22. The second-order valence-electron chi connectivity index (χ2n) is 4.91. The third kappa shape index (κ3) is 3.46. The molecule has 2 aromatic carbocycles. The first-order valence-electron chi connectivity index (χ1n) is 7.25. The summed E-state index contributed by atoms with van der Waals surface area (Å²) in [6.07, 6.45) is 1.65. The molecule has 1 aromatic heterocycles. The quantitative estimate of drug-likeness (QED) is 0.654. The summed E-state index contributed by atoms with van der Waals surface area (Å²) in [5.41, 5.74) is 0.896. The lowest BCUT2D eigenvalue weighted by Crippen LogP contribution is -2.00. The van der Waals surface area contributed by atoms with Gasteiger partial charge in [0.05, 0.1) is 20.4 Å². The lowest BCUT2D eigenvalue weighted by atomic mass is 10.2. The van der Waals surface area contributed by atoms with Crippen LogP contribution in [0.2, 0.25) is 5.02 Å². The molecule has 0 unspecified atom stereocenters. The summed E-state index contributed by atoms with van der Waals surface area (Å²) in [5, 5.41) is 0.671. The van der Waals surface area contributed by atoms with Crippen LogP contribution < -0.4 is 14.2 Å². The van der Waals surface area contributed by atoms with E-state index in [4.69, 9.17) is 30.2 Å². The van der Waals surface area contributed by atoms with Gasteiger partial charge < -0.3 is 18.6 Å². The summed E-state index contributed by atoms with van der Waals surface area (Å²) in [6.45, 7) is 0.157. The lowest BCUT2D eigenvalue weighted by molar-refractivity contribution is 0.238. The molecule has 0 atom stereocenters. The Hall–Kier alpha value is -2.66. The van der Waals surface area contributed by atoms with Gasteiger partial charge in [-0.2, -0.15) is 0 Å². The van der Waals surface area contributed by atoms with Crippen molar-refractivity contribution in [3.63, 3.8) is 0 Å². The topological polar surface area (TPSA) is 53.7 Å². The van der Waals surface area contributed by atoms with Crippen molar-refractivity contribution in [3.8, 4) is 28.6 Å². The average Bonchev–Trinajstić information content (AvgIpc) is 3.09. The molecule has 0 N–H and O–H groups in total. The molecule has 3 rings (SSSR count). The first-order valence-corrected chi connectivity index (χ1v) is 7.63. The summed E-state index contributed by atoms with van der Waals surface area (Å²) >= 11 is 5.89. The molecular formula is C18H16ClNO4. The van der Waals surface area contributed by atoms with Gasteiger partial charge in [0.1, 0.15) is 0 Å². The van der Waals surface area contributed by atoms with E-state index in [9.17, 15) is 0 Å². The average molecular weight is 346 g/mol. The van der Waals surface area contributed by atoms with E-state index in [1.54, 1.807) is 44.7 Å². The molecule has 0 amide bonds. The van der Waals surface area contributed by atoms with Crippen LogP contribution in [0.3, 0.4) is 0 Å². The SMILES string of the molecule is COc1cccc(OC)c1OCc1ncc(-c2ccc(Cl)cc2)o1. The monoisotopic (exact) mass is 345 g/mol. The van der Waals surface area contributed by atoms with Crippen molar-refractivity contribution >= 4 is 11.6 Å². The van der Waals surface area contributed by atoms with E-state index in [-0.39, 0.29) is 6.61 Å². The van der Waals surface area contributed by atoms with Gasteiger partial charge in [0, 0.05) is 10.6 Å². The zero-order chi connectivity index (χ0) is 16.9. The third-order valence-electron chi connectivity index (χ3n) is 3.40. The van der Waals surface area contributed by atoms with Gasteiger partial charge in [-0.05, 0) is 36.4 Å². The Morgan fingerprint density at radius 2 is 1.67 bits per heavy atom. The van der Waals surface area contributed by atoms with E-state index in [0.29, 0.717) is 33.9 Å². The number of para-hydroxylation sites is 1. The predicted octanol–water partition coefficient (Wildman–Crippen LogP) is 4.59. The minimum Gasteiger partial charge on any atom is -0.493 e. The molecule has 6 heteroatoms. The van der Waals surface area contributed by atoms with Gasteiger partial charge in [-0.3, -0.25) is 0 Å². The van der Waals surface area contributed by atoms with Crippen LogP contribution in [0, 0.1) is 0 Å². The summed E-state index contributed by atoms with van der Waals surface area (Å²) < 4.78 is 22.1. The highest BCUT2D eigenvalue weighted by atomic mass is 35.5. The van der Waals surface area contributed by atoms with Crippen LogP contribution >= 0.6 is 11.6 Å². The molecular weight excluding hydrogens is 330 g/mol. The van der Waals surface area contributed by atoms with Gasteiger partial charge in [-0.25, -0.2) is 4.98 Å². The van der Waals surface area contributed by atoms with E-state index in [1.807, 2.05) is 18.2 Å². The fourth-order valence-corrected chi connectivity index (χ4v) is 2.34. The van der Waals surface area contributed by atoms with Crippen molar-refractivity contribution in [1.29, 1.82) is 0 Å². The van der Waals surface area contributed by atoms with Gasteiger partial charge in [-0.15, -0.1) is 0 Å². The standard InChI is InChI=1S/C18H16ClNO4/c1-21-14-4-3-5-15(22-2)18(14)23-11-17-20-10-16(24-17)12-6-8-13(19)9-7-12/h3-10H,11H2,1-2H3. The first kappa shape index (κ1) is 16.2. The Bertz CT molecular complexity index is 792. The molecule has 0 aliphatic heterocycles. The number of oxazole rings is 1. The van der Waals surface area contributed by atoms with Crippen LogP contribution in [0.15, 0.2) is 53.1 Å². The maximum Gasteiger partial charge on any atom is 0.232 e. The zero-order valence-electron chi connectivity index (χ0n) is 13.3. The minimum absolute atomic E-state index is 0.157. The Labute approximate surface area is 144 Å². The number of nitrogens with zero attached hydrogens (tertiary/aromatic N) is 1. The maximum absolute atomic E-state index is 5.89. The number of ether oxygens (including phenoxy) is 3. The number of hydrogen-bond acceptors (Lipinski definition) is 5. The Kier molecular flexibility index (Phi) is 4.91. The van der Waals surface area contributed by atoms with Crippen LogP contribution in [0.4, 0.5) is 0 Å². The summed E-state index contributed by atoms with van der Waals surface area (Å²) in [6, 6.07) is 12.8. The summed E-state index contributed by atoms with van der Waals surface area (Å²) in [4.78, 5) is 4.23. The number of rotatable bonds is 6. The van der Waals surface area contributed by atoms with Gasteiger partial charge in [-0.1, -0.05) is 17.7 Å². The molecule has 1 heterocycles. The zero-order valence-corrected chi connectivity index (χ0v) is 14.0. The van der Waals surface area contributed by atoms with E-state index in [0.717, 1.165) is 5.56 Å². The predicted molar refractivity (Wildman–Crippen MR) is 90.8 cm³/mol. The van der Waals surface area contributed by atoms with Crippen LogP contribution in [0.25, 0.3) is 11.3 Å². The van der Waals surface area contributed by atoms with Crippen LogP contribution in [-0.2, 0) is 6.61 Å². The number of hydrogen-bond donors (Lipinski definition) is 0. The van der Waals surface area contributed by atoms with Gasteiger partial charge in [0.25, 0.3) is 0 Å². The molecule has 124 valence electrons. The number of methoxy groups -OCH3 is 2. The number of benzene rings is 2. The third-order valence-corrected chi connectivity index (χ3v) is 3.66. The largest absolute Gasteiger partial charge is 0.493 e. The minimum atomic E-state index is 0.157. The van der Waals surface area contributed by atoms with Gasteiger partial charge in [0.2, 0.25) is 11.6 Å². The van der Waals surface area contributed by atoms with Crippen molar-refractivity contribution in [2.24, 2.45) is 0 Å². The Morgan fingerprint density at radius 1 is 1.00 bits per heavy atom. The smallest absolute Gasteiger partial charge is 0.232 e. The molecule has 0 spiro atoms. The van der Waals surface area contributed by atoms with Crippen LogP contribution in [-0.4, -0.2) is 19.2 Å². The molecule has 0 bridgehead atoms.